The predicted octanol–water partition coefficient (Wildman–Crippen LogP) is 4.18. The first-order valence-corrected chi connectivity index (χ1v) is 13.0. The molecule has 1 saturated heterocycles. The van der Waals surface area contributed by atoms with Gasteiger partial charge in [-0.1, -0.05) is 10.5 Å². The minimum Gasteiger partial charge on any atom is -0.465 e. The van der Waals surface area contributed by atoms with Crippen molar-refractivity contribution in [2.45, 2.75) is 55.6 Å². The Morgan fingerprint density at radius 3 is 2.50 bits per heavy atom. The fourth-order valence-corrected chi connectivity index (χ4v) is 8.15. The lowest BCUT2D eigenvalue weighted by atomic mass is 9.88. The van der Waals surface area contributed by atoms with Gasteiger partial charge in [-0.2, -0.15) is 0 Å². The number of nitrogens with zero attached hydrogens (tertiary/aromatic N) is 3. The van der Waals surface area contributed by atoms with Gasteiger partial charge < -0.3 is 15.0 Å². The lowest BCUT2D eigenvalue weighted by Crippen LogP contribution is -2.66. The summed E-state index contributed by atoms with van der Waals surface area (Å²) in [7, 11) is -3.31. The zero-order valence-corrected chi connectivity index (χ0v) is 21.6. The Morgan fingerprint density at radius 1 is 1.18 bits per heavy atom. The molecule has 2 aliphatic heterocycles. The molecule has 1 unspecified atom stereocenters. The van der Waals surface area contributed by atoms with Crippen LogP contribution in [0.25, 0.3) is 0 Å². The lowest BCUT2D eigenvalue weighted by molar-refractivity contribution is -0.0148. The molecule has 10 nitrogen and oxygen atoms in total. The number of amidine groups is 1. The number of nitrogens with one attached hydrogen (secondary N) is 3. The molecule has 1 fully saturated rings. The number of carbonyl (C=O) groups is 2. The van der Waals surface area contributed by atoms with Crippen molar-refractivity contribution in [3.05, 3.63) is 53.0 Å². The summed E-state index contributed by atoms with van der Waals surface area (Å²) in [5, 5.41) is 12.5. The monoisotopic (exact) mass is 558 g/mol. The van der Waals surface area contributed by atoms with Crippen molar-refractivity contribution in [2.75, 3.05) is 11.9 Å². The lowest BCUT2D eigenvalue weighted by Gasteiger charge is -2.62. The van der Waals surface area contributed by atoms with Crippen molar-refractivity contribution in [1.29, 1.82) is 0 Å². The Labute approximate surface area is 216 Å². The Kier molecular flexibility index (Phi) is 6.69. The molecule has 15 heteroatoms. The summed E-state index contributed by atoms with van der Waals surface area (Å²) in [6.45, 7) is 4.79. The molecule has 2 aromatic rings. The van der Waals surface area contributed by atoms with E-state index < -0.39 is 74.2 Å². The van der Waals surface area contributed by atoms with Crippen molar-refractivity contribution >= 4 is 34.1 Å². The van der Waals surface area contributed by atoms with E-state index in [0.717, 1.165) is 24.4 Å². The summed E-state index contributed by atoms with van der Waals surface area (Å²) in [6.07, 6.45) is -1.55. The summed E-state index contributed by atoms with van der Waals surface area (Å²) in [5.74, 6) is -6.16. The van der Waals surface area contributed by atoms with Crippen LogP contribution in [0.5, 0.6) is 0 Å². The maximum Gasteiger partial charge on any atom is 0.410 e. The SMILES string of the molecule is Cc1cc(F)cnc1C(=O)Nc1ccc(F)c([C@@]2(C)N=C(NC(=O)O)C(C)(C)S3(O)NCC(F)(F)C[C@H]23)n1. The first kappa shape index (κ1) is 27.7. The number of carbonyl (C=O) groups excluding carboxylic acids is 1. The average Bonchev–Trinajstić information content (AvgIpc) is 2.80. The van der Waals surface area contributed by atoms with Gasteiger partial charge in [-0.15, -0.1) is 0 Å². The van der Waals surface area contributed by atoms with Gasteiger partial charge in [-0.3, -0.25) is 19.8 Å². The second-order valence-corrected chi connectivity index (χ2v) is 13.0. The number of fused-ring (bicyclic) bond motifs is 1. The van der Waals surface area contributed by atoms with Crippen molar-refractivity contribution in [3.63, 3.8) is 0 Å². The van der Waals surface area contributed by atoms with E-state index in [2.05, 4.69) is 30.3 Å². The molecular formula is C23H26F4N6O4S. The molecule has 2 aromatic heterocycles. The zero-order chi connectivity index (χ0) is 28.3. The summed E-state index contributed by atoms with van der Waals surface area (Å²) < 4.78 is 70.9. The largest absolute Gasteiger partial charge is 0.465 e. The third-order valence-corrected chi connectivity index (χ3v) is 10.6. The third kappa shape index (κ3) is 4.58. The molecule has 5 N–H and O–H groups in total. The molecule has 2 aliphatic rings. The maximum absolute atomic E-state index is 15.3. The van der Waals surface area contributed by atoms with E-state index >= 15 is 4.39 Å². The van der Waals surface area contributed by atoms with E-state index in [1.807, 2.05) is 0 Å². The van der Waals surface area contributed by atoms with Gasteiger partial charge in [0.15, 0.2) is 0 Å². The molecule has 2 amide bonds. The number of hydrogen-bond donors (Lipinski definition) is 5. The first-order chi connectivity index (χ1) is 17.5. The summed E-state index contributed by atoms with van der Waals surface area (Å²) in [4.78, 5) is 36.6. The number of carboxylic acid groups (broad SMARTS) is 1. The minimum atomic E-state index is -3.31. The van der Waals surface area contributed by atoms with Gasteiger partial charge in [0.25, 0.3) is 11.8 Å². The smallest absolute Gasteiger partial charge is 0.410 e. The summed E-state index contributed by atoms with van der Waals surface area (Å²) in [6, 6.07) is 3.16. The van der Waals surface area contributed by atoms with E-state index in [0.29, 0.717) is 0 Å². The molecular weight excluding hydrogens is 532 g/mol. The van der Waals surface area contributed by atoms with E-state index in [4.69, 9.17) is 0 Å². The van der Waals surface area contributed by atoms with Crippen LogP contribution in [0.4, 0.5) is 28.2 Å². The van der Waals surface area contributed by atoms with E-state index in [1.54, 1.807) is 0 Å². The Morgan fingerprint density at radius 2 is 1.87 bits per heavy atom. The zero-order valence-electron chi connectivity index (χ0n) is 20.8. The Hall–Kier alpha value is -3.30. The Balaban J connectivity index is 1.84. The average molecular weight is 559 g/mol. The van der Waals surface area contributed by atoms with Crippen LogP contribution in [0.2, 0.25) is 0 Å². The molecule has 38 heavy (non-hydrogen) atoms. The second kappa shape index (κ2) is 9.17. The van der Waals surface area contributed by atoms with Gasteiger partial charge in [0, 0.05) is 6.42 Å². The number of alkyl halides is 2. The molecule has 3 atom stereocenters. The van der Waals surface area contributed by atoms with Gasteiger partial charge in [0.2, 0.25) is 0 Å². The standard InChI is InChI=1S/C23H26F4N6O4S/c1-11-7-12(24)9-28-16(11)18(34)31-15-6-5-13(25)17(30-15)22(4)14-8-23(26,27)10-29-38(14,37)21(2,3)19(33-22)32-20(35)36/h5-7,9,14,29,37H,8,10H2,1-4H3,(H,32,33)(H,35,36)(H,30,31,34)/t14-,22+/m1/s1. The number of amides is 2. The number of pyridine rings is 2. The van der Waals surface area contributed by atoms with Gasteiger partial charge in [0.1, 0.15) is 40.2 Å². The molecule has 0 aromatic carbocycles. The maximum atomic E-state index is 15.3. The van der Waals surface area contributed by atoms with Crippen LogP contribution >= 0.6 is 10.5 Å². The van der Waals surface area contributed by atoms with Gasteiger partial charge in [0.05, 0.1) is 22.7 Å². The van der Waals surface area contributed by atoms with Crippen molar-refractivity contribution < 1.29 is 36.8 Å². The van der Waals surface area contributed by atoms with Crippen molar-refractivity contribution in [2.24, 2.45) is 4.99 Å². The number of hydrogen-bond acceptors (Lipinski definition) is 7. The van der Waals surface area contributed by atoms with E-state index in [9.17, 15) is 32.4 Å². The number of halogens is 4. The molecule has 0 bridgehead atoms. The number of anilines is 1. The summed E-state index contributed by atoms with van der Waals surface area (Å²) >= 11 is 0. The Bertz CT molecular complexity index is 1360. The van der Waals surface area contributed by atoms with Crippen LogP contribution in [0.1, 0.15) is 48.9 Å². The molecule has 0 radical (unpaired) electrons. The number of rotatable bonds is 3. The van der Waals surface area contributed by atoms with Crippen LogP contribution in [0.15, 0.2) is 29.4 Å². The fourth-order valence-electron chi connectivity index (χ4n) is 4.74. The van der Waals surface area contributed by atoms with Gasteiger partial charge in [-0.25, -0.2) is 32.3 Å². The first-order valence-electron chi connectivity index (χ1n) is 11.4. The van der Waals surface area contributed by atoms with Crippen LogP contribution in [0.3, 0.4) is 0 Å². The highest BCUT2D eigenvalue weighted by Crippen LogP contribution is 2.68. The topological polar surface area (TPSA) is 149 Å². The molecule has 0 aliphatic carbocycles. The highest BCUT2D eigenvalue weighted by molar-refractivity contribution is 8.29. The summed E-state index contributed by atoms with van der Waals surface area (Å²) in [5.41, 5.74) is -2.37. The number of aryl methyl sites for hydroxylation is 1. The normalized spacial score (nSPS) is 29.3. The van der Waals surface area contributed by atoms with Crippen molar-refractivity contribution in [3.8, 4) is 0 Å². The van der Waals surface area contributed by atoms with E-state index in [1.165, 1.54) is 27.7 Å². The van der Waals surface area contributed by atoms with Crippen LogP contribution in [-0.4, -0.2) is 59.9 Å². The van der Waals surface area contributed by atoms with E-state index in [-0.39, 0.29) is 22.9 Å². The van der Waals surface area contributed by atoms with Crippen LogP contribution in [-0.2, 0) is 5.54 Å². The van der Waals surface area contributed by atoms with Crippen LogP contribution < -0.4 is 15.4 Å². The number of aliphatic imine (C=N–C) groups is 1. The molecule has 4 heterocycles. The predicted molar refractivity (Wildman–Crippen MR) is 133 cm³/mol. The highest BCUT2D eigenvalue weighted by atomic mass is 32.3. The highest BCUT2D eigenvalue weighted by Gasteiger charge is 2.64. The van der Waals surface area contributed by atoms with Gasteiger partial charge >= 0.3 is 6.09 Å². The number of aromatic nitrogens is 2. The van der Waals surface area contributed by atoms with Crippen LogP contribution in [0, 0.1) is 18.6 Å². The molecule has 0 saturated carbocycles. The minimum absolute atomic E-state index is 0.120. The fraction of sp³-hybridized carbons (Fsp3) is 0.435. The molecule has 0 spiro atoms. The molecule has 206 valence electrons. The second-order valence-electron chi connectivity index (χ2n) is 9.84. The molecule has 4 rings (SSSR count). The van der Waals surface area contributed by atoms with Gasteiger partial charge in [-0.05, 0) is 51.5 Å². The quantitative estimate of drug-likeness (QED) is 0.355. The third-order valence-electron chi connectivity index (χ3n) is 6.82. The van der Waals surface area contributed by atoms with Crippen molar-refractivity contribution in [1.82, 2.24) is 20.0 Å².